The smallest absolute Gasteiger partial charge is 0.319 e. The van der Waals surface area contributed by atoms with Crippen molar-refractivity contribution >= 4 is 33.4 Å². The molecule has 6 heterocycles. The number of fused-ring (bicyclic) bond motifs is 4. The highest BCUT2D eigenvalue weighted by Gasteiger charge is 2.58. The highest BCUT2D eigenvalue weighted by Crippen LogP contribution is 2.48. The van der Waals surface area contributed by atoms with Gasteiger partial charge in [-0.15, -0.1) is 6.42 Å². The van der Waals surface area contributed by atoms with Gasteiger partial charge in [0.2, 0.25) is 5.91 Å². The minimum atomic E-state index is -1.24. The van der Waals surface area contributed by atoms with Crippen LogP contribution in [0.4, 0.5) is 19.0 Å². The number of hydrogen-bond acceptors (Lipinski definition) is 11. The number of alkyl halides is 1. The van der Waals surface area contributed by atoms with Gasteiger partial charge in [0.1, 0.15) is 41.4 Å². The lowest BCUT2D eigenvalue weighted by molar-refractivity contribution is -0.129. The van der Waals surface area contributed by atoms with Crippen LogP contribution in [0.1, 0.15) is 45.1 Å². The molecule has 5 atom stereocenters. The minimum Gasteiger partial charge on any atom is -0.508 e. The van der Waals surface area contributed by atoms with E-state index in [2.05, 4.69) is 34.6 Å². The van der Waals surface area contributed by atoms with E-state index >= 15 is 13.2 Å². The topological polar surface area (TPSA) is 152 Å². The number of aromatic nitrogens is 3. The zero-order valence-electron chi connectivity index (χ0n) is 32.1. The van der Waals surface area contributed by atoms with Crippen LogP contribution in [0.3, 0.4) is 0 Å². The van der Waals surface area contributed by atoms with E-state index in [1.54, 1.807) is 18.7 Å². The van der Waals surface area contributed by atoms with Crippen LogP contribution in [0.15, 0.2) is 43.1 Å². The van der Waals surface area contributed by atoms with Crippen LogP contribution in [0, 0.1) is 58.0 Å². The van der Waals surface area contributed by atoms with Crippen LogP contribution in [-0.4, -0.2) is 105 Å². The monoisotopic (exact) mass is 790 g/mol. The first-order chi connectivity index (χ1) is 27.8. The number of rotatable bonds is 8. The second kappa shape index (κ2) is 14.8. The number of carbonyl (C=O) groups is 1. The van der Waals surface area contributed by atoms with E-state index in [1.165, 1.54) is 36.5 Å². The number of phenols is 1. The third-order valence-electron chi connectivity index (χ3n) is 12.6. The minimum absolute atomic E-state index is 0.00459. The summed E-state index contributed by atoms with van der Waals surface area (Å²) >= 11 is 0. The number of hydrogen-bond donors (Lipinski definition) is 1. The molecule has 1 N–H and O–H groups in total. The molecule has 2 aromatic carbocycles. The summed E-state index contributed by atoms with van der Waals surface area (Å²) in [6.45, 7) is 8.44. The number of carbonyl (C=O) groups excluding carboxylic acids is 1. The molecule has 2 aromatic heterocycles. The molecule has 4 aliphatic heterocycles. The van der Waals surface area contributed by atoms with Gasteiger partial charge in [-0.2, -0.15) is 20.5 Å². The van der Waals surface area contributed by atoms with E-state index in [1.807, 2.05) is 9.80 Å². The number of halogens is 3. The van der Waals surface area contributed by atoms with Crippen molar-refractivity contribution < 1.29 is 32.5 Å². The van der Waals surface area contributed by atoms with Gasteiger partial charge in [-0.05, 0) is 62.8 Å². The Bertz CT molecular complexity index is 2470. The van der Waals surface area contributed by atoms with E-state index in [-0.39, 0.29) is 101 Å². The lowest BCUT2D eigenvalue weighted by Gasteiger charge is -2.49. The number of likely N-dealkylation sites (tertiary alicyclic amines) is 1. The van der Waals surface area contributed by atoms with Crippen molar-refractivity contribution in [3.05, 3.63) is 60.3 Å². The normalized spacial score (nSPS) is 25.1. The van der Waals surface area contributed by atoms with Crippen LogP contribution >= 0.6 is 0 Å². The zero-order valence-corrected chi connectivity index (χ0v) is 32.1. The molecule has 1 amide bonds. The fraction of sp³-hybridized carbons (Fsp3) is 0.442. The summed E-state index contributed by atoms with van der Waals surface area (Å²) in [6, 6.07) is 8.70. The molecule has 15 heteroatoms. The summed E-state index contributed by atoms with van der Waals surface area (Å²) in [5, 5.41) is 31.9. The van der Waals surface area contributed by atoms with Crippen LogP contribution < -0.4 is 9.64 Å². The molecule has 0 radical (unpaired) electrons. The summed E-state index contributed by atoms with van der Waals surface area (Å²) in [5.74, 6) is -0.105. The first-order valence-corrected chi connectivity index (χ1v) is 19.2. The highest BCUT2D eigenvalue weighted by molar-refractivity contribution is 6.03. The number of phenolic OH excluding ortho intramolecular Hbond substituents is 1. The molecule has 58 heavy (non-hydrogen) atoms. The maximum atomic E-state index is 17.3. The zero-order chi connectivity index (χ0) is 41.1. The molecule has 1 unspecified atom stereocenters. The average molecular weight is 791 g/mol. The van der Waals surface area contributed by atoms with Gasteiger partial charge in [-0.3, -0.25) is 14.7 Å². The van der Waals surface area contributed by atoms with Gasteiger partial charge in [-0.1, -0.05) is 18.6 Å². The van der Waals surface area contributed by atoms with Gasteiger partial charge in [0.05, 0.1) is 52.0 Å². The highest BCUT2D eigenvalue weighted by atomic mass is 19.1. The van der Waals surface area contributed by atoms with E-state index < -0.39 is 40.7 Å². The second-order valence-corrected chi connectivity index (χ2v) is 16.1. The number of pyridine rings is 1. The molecular weight excluding hydrogens is 750 g/mol. The van der Waals surface area contributed by atoms with Gasteiger partial charge in [-0.25, -0.2) is 13.2 Å². The first-order valence-electron chi connectivity index (χ1n) is 19.2. The number of aromatic hydroxyl groups is 1. The van der Waals surface area contributed by atoms with Crippen LogP contribution in [0.5, 0.6) is 11.8 Å². The Kier molecular flexibility index (Phi) is 9.91. The number of anilines is 1. The van der Waals surface area contributed by atoms with Crippen molar-refractivity contribution in [1.82, 2.24) is 24.8 Å². The summed E-state index contributed by atoms with van der Waals surface area (Å²) < 4.78 is 60.0. The van der Waals surface area contributed by atoms with Crippen molar-refractivity contribution in [3.8, 4) is 47.5 Å². The number of nitriles is 2. The Hall–Kier alpha value is -5.95. The maximum absolute atomic E-state index is 17.3. The van der Waals surface area contributed by atoms with Crippen LogP contribution in [0.25, 0.3) is 32.9 Å². The lowest BCUT2D eigenvalue weighted by atomic mass is 9.71. The third-order valence-corrected chi connectivity index (χ3v) is 12.6. The number of piperazine rings is 1. The maximum Gasteiger partial charge on any atom is 0.319 e. The molecular formula is C43H41F3N8O4. The Morgan fingerprint density at radius 3 is 2.66 bits per heavy atom. The Labute approximate surface area is 333 Å². The molecule has 0 saturated carbocycles. The fourth-order valence-corrected chi connectivity index (χ4v) is 9.65. The molecule has 4 saturated heterocycles. The Morgan fingerprint density at radius 2 is 1.95 bits per heavy atom. The molecule has 4 fully saturated rings. The summed E-state index contributed by atoms with van der Waals surface area (Å²) in [5.41, 5.74) is -2.86. The van der Waals surface area contributed by atoms with E-state index in [9.17, 15) is 20.4 Å². The van der Waals surface area contributed by atoms with Crippen molar-refractivity contribution in [2.24, 2.45) is 11.3 Å². The van der Waals surface area contributed by atoms with E-state index in [0.717, 1.165) is 0 Å². The summed E-state index contributed by atoms with van der Waals surface area (Å²) in [4.78, 5) is 32.4. The molecule has 0 aliphatic carbocycles. The molecule has 4 aliphatic rings. The van der Waals surface area contributed by atoms with Crippen LogP contribution in [0.2, 0.25) is 0 Å². The van der Waals surface area contributed by atoms with Crippen LogP contribution in [-0.2, 0) is 9.53 Å². The van der Waals surface area contributed by atoms with Crippen molar-refractivity contribution in [2.45, 2.75) is 69.4 Å². The fourth-order valence-electron chi connectivity index (χ4n) is 9.65. The standard InChI is InChI=1S/C43H41F3N8O4/c1-5-30-33(45)8-7-24-14-29(55)15-31(36(24)30)38-37(46)39-32(18-49-38)40(52-20-28-13-25(17-47)34(21-52)54(28)35(56)6-2)51-41(50-39)58-23-43(42(3,4)22-48)16-26(44)19-53(43)27-9-11-57-12-10-27/h1,6-8,14-15,18,25-28,34,55H,2,9-13,16,19-21,23H2,3-4H3/t25?,26-,28-,34-,43+/m1/s1. The van der Waals surface area contributed by atoms with Gasteiger partial charge in [0.25, 0.3) is 0 Å². The summed E-state index contributed by atoms with van der Waals surface area (Å²) in [7, 11) is 0. The number of amides is 1. The van der Waals surface area contributed by atoms with Gasteiger partial charge >= 0.3 is 6.01 Å². The molecule has 0 spiro atoms. The van der Waals surface area contributed by atoms with Crippen molar-refractivity contribution in [1.29, 1.82) is 10.5 Å². The van der Waals surface area contributed by atoms with Crippen molar-refractivity contribution in [2.75, 3.05) is 44.4 Å². The van der Waals surface area contributed by atoms with Gasteiger partial charge < -0.3 is 24.4 Å². The lowest BCUT2D eigenvalue weighted by Crippen LogP contribution is -2.61. The third kappa shape index (κ3) is 6.23. The van der Waals surface area contributed by atoms with E-state index in [0.29, 0.717) is 37.9 Å². The molecule has 2 bridgehead atoms. The number of nitrogens with zero attached hydrogens (tertiary/aromatic N) is 8. The Balaban J connectivity index is 1.28. The van der Waals surface area contributed by atoms with Gasteiger partial charge in [0.15, 0.2) is 5.82 Å². The predicted octanol–water partition coefficient (Wildman–Crippen LogP) is 5.82. The van der Waals surface area contributed by atoms with Crippen molar-refractivity contribution in [3.63, 3.8) is 0 Å². The number of terminal acetylenes is 1. The predicted molar refractivity (Wildman–Crippen MR) is 208 cm³/mol. The molecule has 12 nitrogen and oxygen atoms in total. The largest absolute Gasteiger partial charge is 0.508 e. The number of benzene rings is 2. The SMILES string of the molecule is C#Cc1c(F)ccc2cc(O)cc(-c3ncc4c(N5C[C@H]6CC(C#N)[C@@H](C5)N6C(=O)C=C)nc(OC[C@]5(C(C)(C)C#N)C[C@@H](F)CN5C5CCOCC5)nc4c3F)c12. The van der Waals surface area contributed by atoms with Gasteiger partial charge in [0, 0.05) is 62.5 Å². The number of ether oxygens (including phenoxy) is 2. The molecule has 4 aromatic rings. The van der Waals surface area contributed by atoms with E-state index in [4.69, 9.17) is 20.9 Å². The quantitative estimate of drug-likeness (QED) is 0.170. The summed E-state index contributed by atoms with van der Waals surface area (Å²) in [6.07, 6.45) is 8.79. The first kappa shape index (κ1) is 38.9. The second-order valence-electron chi connectivity index (χ2n) is 16.1. The molecule has 8 rings (SSSR count). The molecule has 298 valence electrons. The average Bonchev–Trinajstić information content (AvgIpc) is 3.69. The Morgan fingerprint density at radius 1 is 1.17 bits per heavy atom.